The molecule has 0 aliphatic carbocycles. The minimum Gasteiger partial charge on any atom is -0.370 e. The van der Waals surface area contributed by atoms with Crippen LogP contribution in [-0.4, -0.2) is 26.7 Å². The summed E-state index contributed by atoms with van der Waals surface area (Å²) in [4.78, 5) is 2.37. The lowest BCUT2D eigenvalue weighted by atomic mass is 10.1. The number of nitrogens with one attached hydrogen (secondary N) is 1. The Morgan fingerprint density at radius 3 is 3.12 bits per heavy atom. The number of rotatable bonds is 3. The van der Waals surface area contributed by atoms with Crippen molar-refractivity contribution in [3.63, 3.8) is 0 Å². The zero-order chi connectivity index (χ0) is 11.5. The lowest BCUT2D eigenvalue weighted by molar-refractivity contribution is 0.549. The second-order valence-corrected chi connectivity index (χ2v) is 5.58. The van der Waals surface area contributed by atoms with Gasteiger partial charge in [0, 0.05) is 17.6 Å². The van der Waals surface area contributed by atoms with E-state index in [2.05, 4.69) is 32.2 Å². The van der Waals surface area contributed by atoms with Gasteiger partial charge in [-0.15, -0.1) is 0 Å². The molecule has 1 saturated heterocycles. The molecular formula is C12H16BrClN2. The Morgan fingerprint density at radius 2 is 2.38 bits per heavy atom. The summed E-state index contributed by atoms with van der Waals surface area (Å²) < 4.78 is 1.09. The van der Waals surface area contributed by atoms with Crippen molar-refractivity contribution in [3.8, 4) is 0 Å². The molecule has 4 heteroatoms. The number of hydrogen-bond donors (Lipinski definition) is 1. The molecule has 1 N–H and O–H groups in total. The maximum absolute atomic E-state index is 6.22. The van der Waals surface area contributed by atoms with Crippen molar-refractivity contribution in [2.45, 2.75) is 6.42 Å². The monoisotopic (exact) mass is 302 g/mol. The van der Waals surface area contributed by atoms with Gasteiger partial charge < -0.3 is 10.2 Å². The minimum atomic E-state index is 0.736. The average Bonchev–Trinajstić information content (AvgIpc) is 2.71. The van der Waals surface area contributed by atoms with Gasteiger partial charge in [0.15, 0.2) is 0 Å². The van der Waals surface area contributed by atoms with Gasteiger partial charge in [-0.25, -0.2) is 0 Å². The summed E-state index contributed by atoms with van der Waals surface area (Å²) >= 11 is 9.71. The Balaban J connectivity index is 2.11. The number of hydrogen-bond acceptors (Lipinski definition) is 2. The summed E-state index contributed by atoms with van der Waals surface area (Å²) in [7, 11) is 2.01. The number of benzene rings is 1. The Kier molecular flexibility index (Phi) is 4.11. The van der Waals surface area contributed by atoms with Gasteiger partial charge in [-0.1, -0.05) is 27.5 Å². The molecule has 1 heterocycles. The largest absolute Gasteiger partial charge is 0.370 e. The summed E-state index contributed by atoms with van der Waals surface area (Å²) in [5, 5.41) is 4.08. The highest BCUT2D eigenvalue weighted by atomic mass is 79.9. The molecule has 1 unspecified atom stereocenters. The van der Waals surface area contributed by atoms with Crippen molar-refractivity contribution in [1.82, 2.24) is 5.32 Å². The van der Waals surface area contributed by atoms with E-state index >= 15 is 0 Å². The number of halogens is 2. The molecule has 0 amide bonds. The van der Waals surface area contributed by atoms with E-state index in [4.69, 9.17) is 11.6 Å². The first-order chi connectivity index (χ1) is 7.70. The fraction of sp³-hybridized carbons (Fsp3) is 0.500. The van der Waals surface area contributed by atoms with Gasteiger partial charge in [0.05, 0.1) is 10.7 Å². The van der Waals surface area contributed by atoms with Crippen LogP contribution in [0, 0.1) is 5.92 Å². The maximum atomic E-state index is 6.22. The molecule has 1 aromatic carbocycles. The fourth-order valence-electron chi connectivity index (χ4n) is 2.23. The zero-order valence-corrected chi connectivity index (χ0v) is 11.7. The molecular weight excluding hydrogens is 288 g/mol. The van der Waals surface area contributed by atoms with Crippen LogP contribution in [0.4, 0.5) is 5.69 Å². The Labute approximate surface area is 110 Å². The third-order valence-electron chi connectivity index (χ3n) is 3.03. The van der Waals surface area contributed by atoms with Gasteiger partial charge in [0.25, 0.3) is 0 Å². The molecule has 0 bridgehead atoms. The number of anilines is 1. The fourth-order valence-corrected chi connectivity index (χ4v) is 2.82. The second-order valence-electron chi connectivity index (χ2n) is 4.25. The van der Waals surface area contributed by atoms with Crippen molar-refractivity contribution < 1.29 is 0 Å². The minimum absolute atomic E-state index is 0.736. The van der Waals surface area contributed by atoms with E-state index < -0.39 is 0 Å². The van der Waals surface area contributed by atoms with Crippen LogP contribution in [0.15, 0.2) is 22.7 Å². The Hall–Kier alpha value is -0.250. The first-order valence-electron chi connectivity index (χ1n) is 5.55. The van der Waals surface area contributed by atoms with Crippen LogP contribution < -0.4 is 10.2 Å². The summed E-state index contributed by atoms with van der Waals surface area (Å²) in [6.07, 6.45) is 1.24. The average molecular weight is 304 g/mol. The molecule has 16 heavy (non-hydrogen) atoms. The molecule has 0 saturated carbocycles. The van der Waals surface area contributed by atoms with Crippen LogP contribution in [0.2, 0.25) is 5.02 Å². The standard InChI is InChI=1S/C12H16BrClN2/c1-15-7-9-4-5-16(8-9)12-6-10(13)2-3-11(12)14/h2-3,6,9,15H,4-5,7-8H2,1H3. The van der Waals surface area contributed by atoms with Crippen LogP contribution in [0.5, 0.6) is 0 Å². The normalized spacial score (nSPS) is 20.4. The van der Waals surface area contributed by atoms with E-state index in [1.54, 1.807) is 0 Å². The Morgan fingerprint density at radius 1 is 1.56 bits per heavy atom. The molecule has 1 atom stereocenters. The first-order valence-corrected chi connectivity index (χ1v) is 6.72. The summed E-state index contributed by atoms with van der Waals surface area (Å²) in [5.74, 6) is 0.736. The van der Waals surface area contributed by atoms with E-state index in [1.807, 2.05) is 19.2 Å². The van der Waals surface area contributed by atoms with Crippen molar-refractivity contribution in [3.05, 3.63) is 27.7 Å². The molecule has 1 aliphatic heterocycles. The molecule has 88 valence electrons. The summed E-state index contributed by atoms with van der Waals surface area (Å²) in [5.41, 5.74) is 1.15. The van der Waals surface area contributed by atoms with Crippen molar-refractivity contribution in [2.24, 2.45) is 5.92 Å². The molecule has 1 aromatic rings. The predicted molar refractivity (Wildman–Crippen MR) is 73.4 cm³/mol. The molecule has 1 fully saturated rings. The highest BCUT2D eigenvalue weighted by Gasteiger charge is 2.23. The van der Waals surface area contributed by atoms with Gasteiger partial charge in [-0.05, 0) is 44.1 Å². The van der Waals surface area contributed by atoms with Crippen LogP contribution in [0.25, 0.3) is 0 Å². The van der Waals surface area contributed by atoms with E-state index in [0.717, 1.165) is 40.7 Å². The maximum Gasteiger partial charge on any atom is 0.0640 e. The van der Waals surface area contributed by atoms with Gasteiger partial charge in [0.2, 0.25) is 0 Å². The number of nitrogens with zero attached hydrogens (tertiary/aromatic N) is 1. The topological polar surface area (TPSA) is 15.3 Å². The van der Waals surface area contributed by atoms with E-state index in [-0.39, 0.29) is 0 Å². The SMILES string of the molecule is CNCC1CCN(c2cc(Br)ccc2Cl)C1. The zero-order valence-electron chi connectivity index (χ0n) is 9.34. The molecule has 0 radical (unpaired) electrons. The third-order valence-corrected chi connectivity index (χ3v) is 3.84. The lowest BCUT2D eigenvalue weighted by Gasteiger charge is -2.20. The van der Waals surface area contributed by atoms with E-state index in [9.17, 15) is 0 Å². The second kappa shape index (κ2) is 5.39. The molecule has 2 rings (SSSR count). The highest BCUT2D eigenvalue weighted by molar-refractivity contribution is 9.10. The Bertz CT molecular complexity index is 370. The lowest BCUT2D eigenvalue weighted by Crippen LogP contribution is -2.24. The van der Waals surface area contributed by atoms with Gasteiger partial charge in [0.1, 0.15) is 0 Å². The van der Waals surface area contributed by atoms with Gasteiger partial charge in [-0.2, -0.15) is 0 Å². The third kappa shape index (κ3) is 2.70. The summed E-state index contributed by atoms with van der Waals surface area (Å²) in [6, 6.07) is 6.03. The van der Waals surface area contributed by atoms with E-state index in [1.165, 1.54) is 6.42 Å². The predicted octanol–water partition coefficient (Wildman–Crippen LogP) is 3.15. The van der Waals surface area contributed by atoms with Crippen molar-refractivity contribution in [2.75, 3.05) is 31.6 Å². The molecule has 2 nitrogen and oxygen atoms in total. The summed E-state index contributed by atoms with van der Waals surface area (Å²) in [6.45, 7) is 3.28. The quantitative estimate of drug-likeness (QED) is 0.923. The van der Waals surface area contributed by atoms with Crippen molar-refractivity contribution >= 4 is 33.2 Å². The van der Waals surface area contributed by atoms with Crippen LogP contribution in [-0.2, 0) is 0 Å². The van der Waals surface area contributed by atoms with Crippen LogP contribution in [0.3, 0.4) is 0 Å². The molecule has 0 spiro atoms. The highest BCUT2D eigenvalue weighted by Crippen LogP contribution is 2.32. The van der Waals surface area contributed by atoms with Crippen LogP contribution in [0.1, 0.15) is 6.42 Å². The molecule has 0 aromatic heterocycles. The first kappa shape index (κ1) is 12.2. The van der Waals surface area contributed by atoms with Crippen molar-refractivity contribution in [1.29, 1.82) is 0 Å². The smallest absolute Gasteiger partial charge is 0.0640 e. The van der Waals surface area contributed by atoms with Gasteiger partial charge >= 0.3 is 0 Å². The van der Waals surface area contributed by atoms with Gasteiger partial charge in [-0.3, -0.25) is 0 Å². The molecule has 1 aliphatic rings. The van der Waals surface area contributed by atoms with E-state index in [0.29, 0.717) is 0 Å². The van der Waals surface area contributed by atoms with Crippen LogP contribution >= 0.6 is 27.5 Å².